The van der Waals surface area contributed by atoms with Crippen molar-refractivity contribution in [3.8, 4) is 11.5 Å². The lowest BCUT2D eigenvalue weighted by atomic mass is 9.87. The number of allylic oxidation sites excluding steroid dienone is 1. The Hall–Kier alpha value is -4.08. The number of hydrogen-bond acceptors (Lipinski definition) is 5. The quantitative estimate of drug-likeness (QED) is 0.632. The molecule has 3 heterocycles. The van der Waals surface area contributed by atoms with Crippen molar-refractivity contribution in [2.24, 2.45) is 30.2 Å². The smallest absolute Gasteiger partial charge is 0.328 e. The van der Waals surface area contributed by atoms with E-state index in [9.17, 15) is 18.4 Å². The molecule has 0 saturated heterocycles. The molecule has 10 heteroatoms. The molecular weight excluding hydrogens is 420 g/mol. The van der Waals surface area contributed by atoms with Crippen molar-refractivity contribution >= 4 is 34.4 Å². The number of halogens is 2. The number of carbonyl (C=O) groups is 1. The molecule has 2 aliphatic rings. The Kier molecular flexibility index (Phi) is 4.33. The van der Waals surface area contributed by atoms with Crippen LogP contribution in [0.2, 0.25) is 0 Å². The van der Waals surface area contributed by atoms with E-state index in [-0.39, 0.29) is 28.8 Å². The highest BCUT2D eigenvalue weighted by Crippen LogP contribution is 2.40. The molecule has 0 N–H and O–H groups in total. The molecule has 2 aromatic carbocycles. The fourth-order valence-corrected chi connectivity index (χ4v) is 3.98. The lowest BCUT2D eigenvalue weighted by molar-refractivity contribution is -0.121. The summed E-state index contributed by atoms with van der Waals surface area (Å²) in [6.07, 6.45) is 3.18. The first-order valence-corrected chi connectivity index (χ1v) is 9.69. The predicted molar refractivity (Wildman–Crippen MR) is 115 cm³/mol. The molecule has 162 valence electrons. The van der Waals surface area contributed by atoms with E-state index in [4.69, 9.17) is 4.74 Å². The van der Waals surface area contributed by atoms with Gasteiger partial charge in [-0.2, -0.15) is 5.10 Å². The molecule has 0 saturated carbocycles. The van der Waals surface area contributed by atoms with Crippen LogP contribution < -0.4 is 10.4 Å². The number of nitrogens with zero attached hydrogens (tertiary/aromatic N) is 5. The highest BCUT2D eigenvalue weighted by molar-refractivity contribution is 6.46. The second-order valence-corrected chi connectivity index (χ2v) is 7.64. The molecular formula is C22H17F2N5O3. The number of hydrogen-bond donors (Lipinski definition) is 0. The minimum absolute atomic E-state index is 0.178. The van der Waals surface area contributed by atoms with Crippen molar-refractivity contribution in [1.29, 1.82) is 0 Å². The molecule has 0 radical (unpaired) electrons. The highest BCUT2D eigenvalue weighted by atomic mass is 19.1. The van der Waals surface area contributed by atoms with Gasteiger partial charge in [0.1, 0.15) is 17.3 Å². The van der Waals surface area contributed by atoms with Crippen LogP contribution in [0.4, 0.5) is 8.78 Å². The summed E-state index contributed by atoms with van der Waals surface area (Å²) in [5.74, 6) is -2.34. The third-order valence-electron chi connectivity index (χ3n) is 5.68. The fraction of sp³-hybridized carbons (Fsp3) is 0.182. The summed E-state index contributed by atoms with van der Waals surface area (Å²) in [6, 6.07) is 6.38. The van der Waals surface area contributed by atoms with Crippen LogP contribution in [0.1, 0.15) is 5.56 Å². The number of aryl methyl sites for hydroxylation is 2. The monoisotopic (exact) mass is 437 g/mol. The zero-order valence-corrected chi connectivity index (χ0v) is 17.3. The first-order chi connectivity index (χ1) is 15.3. The van der Waals surface area contributed by atoms with E-state index in [0.717, 1.165) is 12.1 Å². The largest absolute Gasteiger partial charge is 0.454 e. The Morgan fingerprint density at radius 2 is 1.69 bits per heavy atom. The second-order valence-electron chi connectivity index (χ2n) is 7.64. The summed E-state index contributed by atoms with van der Waals surface area (Å²) in [5.41, 5.74) is 2.36. The number of aromatic nitrogens is 2. The van der Waals surface area contributed by atoms with Gasteiger partial charge in [-0.1, -0.05) is 0 Å². The minimum Gasteiger partial charge on any atom is -0.454 e. The Morgan fingerprint density at radius 1 is 0.969 bits per heavy atom. The summed E-state index contributed by atoms with van der Waals surface area (Å²) < 4.78 is 36.6. The molecule has 0 bridgehead atoms. The molecule has 1 aromatic heterocycles. The van der Waals surface area contributed by atoms with Crippen LogP contribution in [-0.4, -0.2) is 38.9 Å². The van der Waals surface area contributed by atoms with Gasteiger partial charge in [0, 0.05) is 51.3 Å². The average molecular weight is 437 g/mol. The normalized spacial score (nSPS) is 17.6. The molecule has 8 nitrogen and oxygen atoms in total. The van der Waals surface area contributed by atoms with Crippen LogP contribution in [0.5, 0.6) is 11.5 Å². The average Bonchev–Trinajstić information content (AvgIpc) is 3.33. The Labute approximate surface area is 180 Å². The van der Waals surface area contributed by atoms with E-state index < -0.39 is 17.6 Å². The van der Waals surface area contributed by atoms with Crippen LogP contribution in [0.25, 0.3) is 16.6 Å². The number of ether oxygens (including phenoxy) is 1. The van der Waals surface area contributed by atoms with E-state index in [1.807, 2.05) is 0 Å². The van der Waals surface area contributed by atoms with Gasteiger partial charge >= 0.3 is 5.69 Å². The van der Waals surface area contributed by atoms with Gasteiger partial charge in [0.2, 0.25) is 0 Å². The maximum Gasteiger partial charge on any atom is 0.328 e. The van der Waals surface area contributed by atoms with E-state index in [0.29, 0.717) is 22.2 Å². The molecule has 1 atom stereocenters. The van der Waals surface area contributed by atoms with Gasteiger partial charge in [0.15, 0.2) is 11.6 Å². The van der Waals surface area contributed by atoms with E-state index >= 15 is 0 Å². The maximum absolute atomic E-state index is 14.4. The van der Waals surface area contributed by atoms with Gasteiger partial charge in [-0.15, -0.1) is 5.10 Å². The topological polar surface area (TPSA) is 81.2 Å². The lowest BCUT2D eigenvalue weighted by Crippen LogP contribution is -2.38. The fourth-order valence-electron chi connectivity index (χ4n) is 3.98. The molecule has 32 heavy (non-hydrogen) atoms. The number of rotatable bonds is 3. The number of carbonyl (C=O) groups excluding carboxylic acids is 1. The summed E-state index contributed by atoms with van der Waals surface area (Å²) in [4.78, 5) is 26.3. The Morgan fingerprint density at radius 3 is 2.41 bits per heavy atom. The summed E-state index contributed by atoms with van der Waals surface area (Å²) >= 11 is 0. The van der Waals surface area contributed by atoms with Crippen LogP contribution in [-0.2, 0) is 18.9 Å². The maximum atomic E-state index is 14.4. The minimum atomic E-state index is -0.868. The van der Waals surface area contributed by atoms with Gasteiger partial charge in [-0.25, -0.2) is 13.6 Å². The molecule has 0 aliphatic carbocycles. The molecule has 3 aromatic rings. The van der Waals surface area contributed by atoms with E-state index in [2.05, 4.69) is 10.2 Å². The molecule has 5 rings (SSSR count). The predicted octanol–water partition coefficient (Wildman–Crippen LogP) is 2.82. The van der Waals surface area contributed by atoms with Gasteiger partial charge < -0.3 is 9.64 Å². The molecule has 0 spiro atoms. The van der Waals surface area contributed by atoms with Gasteiger partial charge in [0.05, 0.1) is 17.0 Å². The summed E-state index contributed by atoms with van der Waals surface area (Å²) in [7, 11) is 4.85. The van der Waals surface area contributed by atoms with Crippen LogP contribution in [0.3, 0.4) is 0 Å². The third-order valence-corrected chi connectivity index (χ3v) is 5.68. The summed E-state index contributed by atoms with van der Waals surface area (Å²) in [6.45, 7) is 0. The van der Waals surface area contributed by atoms with Crippen LogP contribution in [0, 0.1) is 17.6 Å². The van der Waals surface area contributed by atoms with Crippen LogP contribution in [0.15, 0.2) is 51.5 Å². The lowest BCUT2D eigenvalue weighted by Gasteiger charge is -2.26. The SMILES string of the molecule is CN1C=C(c2cc3c(cc2Oc2ccc(F)cc2F)n(C)c(=O)n3C)C2C=NN=C2C1=O. The van der Waals surface area contributed by atoms with Crippen LogP contribution >= 0.6 is 0 Å². The molecule has 2 aliphatic heterocycles. The number of benzene rings is 2. The van der Waals surface area contributed by atoms with Crippen molar-refractivity contribution in [1.82, 2.24) is 14.0 Å². The zero-order valence-electron chi connectivity index (χ0n) is 17.3. The second kappa shape index (κ2) is 6.98. The van der Waals surface area contributed by atoms with E-state index in [1.54, 1.807) is 45.7 Å². The van der Waals surface area contributed by atoms with E-state index in [1.165, 1.54) is 20.1 Å². The van der Waals surface area contributed by atoms with Crippen molar-refractivity contribution < 1.29 is 18.3 Å². The van der Waals surface area contributed by atoms with Crippen molar-refractivity contribution in [3.63, 3.8) is 0 Å². The third kappa shape index (κ3) is 2.87. The van der Waals surface area contributed by atoms with Gasteiger partial charge in [-0.05, 0) is 23.8 Å². The van der Waals surface area contributed by atoms with Crippen molar-refractivity contribution in [2.75, 3.05) is 7.05 Å². The van der Waals surface area contributed by atoms with Gasteiger partial charge in [-0.3, -0.25) is 13.9 Å². The Bertz CT molecular complexity index is 1460. The van der Waals surface area contributed by atoms with Gasteiger partial charge in [0.25, 0.3) is 5.91 Å². The first kappa shape index (κ1) is 19.9. The highest BCUT2D eigenvalue weighted by Gasteiger charge is 2.36. The van der Waals surface area contributed by atoms with Crippen molar-refractivity contribution in [2.45, 2.75) is 0 Å². The number of fused-ring (bicyclic) bond motifs is 2. The number of imidazole rings is 1. The standard InChI is InChI=1S/C22H17F2N5O3/c1-27-10-14(13-9-25-26-20(13)21(27)30)12-7-16-17(29(3)22(31)28(16)2)8-19(12)32-18-5-4-11(23)6-15(18)24/h4-10,13H,1-3H3. The molecule has 0 fully saturated rings. The zero-order chi connectivity index (χ0) is 22.7. The van der Waals surface area contributed by atoms with Crippen molar-refractivity contribution in [3.05, 3.63) is 64.2 Å². The Balaban J connectivity index is 1.76. The first-order valence-electron chi connectivity index (χ1n) is 9.69. The molecule has 1 unspecified atom stereocenters. The molecule has 1 amide bonds. The summed E-state index contributed by atoms with van der Waals surface area (Å²) in [5, 5.41) is 7.85. The number of amides is 1.